The van der Waals surface area contributed by atoms with Gasteiger partial charge in [-0.25, -0.2) is 4.18 Å². The van der Waals surface area contributed by atoms with Crippen molar-refractivity contribution in [2.45, 2.75) is 37.6 Å². The fourth-order valence-corrected chi connectivity index (χ4v) is 5.13. The van der Waals surface area contributed by atoms with Gasteiger partial charge in [0.1, 0.15) is 0 Å². The lowest BCUT2D eigenvalue weighted by Gasteiger charge is -2.30. The molecule has 0 aromatic carbocycles. The van der Waals surface area contributed by atoms with Crippen LogP contribution in [0.25, 0.3) is 0 Å². The molecule has 0 saturated heterocycles. The van der Waals surface area contributed by atoms with Gasteiger partial charge in [-0.1, -0.05) is 13.8 Å². The van der Waals surface area contributed by atoms with Crippen molar-refractivity contribution < 1.29 is 22.3 Å². The van der Waals surface area contributed by atoms with Gasteiger partial charge in [-0.15, -0.1) is 23.5 Å². The Labute approximate surface area is 105 Å². The van der Waals surface area contributed by atoms with Crippen LogP contribution in [0.3, 0.4) is 0 Å². The van der Waals surface area contributed by atoms with Crippen molar-refractivity contribution >= 4 is 33.9 Å². The topological polar surface area (TPSA) is 83.8 Å². The van der Waals surface area contributed by atoms with Crippen LogP contribution in [-0.2, 0) is 14.6 Å². The molecule has 0 aromatic heterocycles. The lowest BCUT2D eigenvalue weighted by atomic mass is 10.3. The SMILES string of the molecule is CCSC(CC(C)O)(OS(=O)(=O)O)SCC. The van der Waals surface area contributed by atoms with Crippen LogP contribution in [0.4, 0.5) is 0 Å². The monoisotopic (exact) mass is 290 g/mol. The van der Waals surface area contributed by atoms with E-state index >= 15 is 0 Å². The van der Waals surface area contributed by atoms with Crippen LogP contribution >= 0.6 is 23.5 Å². The maximum absolute atomic E-state index is 10.8. The summed E-state index contributed by atoms with van der Waals surface area (Å²) in [6, 6.07) is 0. The summed E-state index contributed by atoms with van der Waals surface area (Å²) in [6.07, 6.45) is -0.580. The maximum atomic E-state index is 10.8. The second-order valence-corrected chi connectivity index (χ2v) is 7.44. The van der Waals surface area contributed by atoms with E-state index in [0.717, 1.165) is 0 Å². The largest absolute Gasteiger partial charge is 0.399 e. The zero-order valence-corrected chi connectivity index (χ0v) is 12.0. The third kappa shape index (κ3) is 6.97. The second-order valence-electron chi connectivity index (χ2n) is 3.11. The van der Waals surface area contributed by atoms with Crippen LogP contribution in [0.2, 0.25) is 0 Å². The fraction of sp³-hybridized carbons (Fsp3) is 1.00. The molecule has 0 heterocycles. The van der Waals surface area contributed by atoms with Gasteiger partial charge in [0.2, 0.25) is 0 Å². The molecule has 0 amide bonds. The van der Waals surface area contributed by atoms with Gasteiger partial charge in [0, 0.05) is 6.42 Å². The van der Waals surface area contributed by atoms with E-state index in [1.807, 2.05) is 13.8 Å². The van der Waals surface area contributed by atoms with E-state index in [0.29, 0.717) is 11.5 Å². The van der Waals surface area contributed by atoms with E-state index in [-0.39, 0.29) is 6.42 Å². The zero-order valence-electron chi connectivity index (χ0n) is 9.54. The molecule has 0 radical (unpaired) electrons. The Kier molecular flexibility index (Phi) is 7.31. The smallest absolute Gasteiger partial charge is 0.393 e. The number of hydrogen-bond acceptors (Lipinski definition) is 6. The first-order valence-corrected chi connectivity index (χ1v) is 8.22. The van der Waals surface area contributed by atoms with E-state index in [1.54, 1.807) is 6.92 Å². The summed E-state index contributed by atoms with van der Waals surface area (Å²) in [7, 11) is -4.52. The first-order chi connectivity index (χ1) is 7.24. The van der Waals surface area contributed by atoms with Crippen LogP contribution in [0, 0.1) is 0 Å². The molecule has 0 rings (SSSR count). The number of thioether (sulfide) groups is 2. The maximum Gasteiger partial charge on any atom is 0.399 e. The highest BCUT2D eigenvalue weighted by Gasteiger charge is 2.37. The van der Waals surface area contributed by atoms with Crippen LogP contribution in [-0.4, -0.2) is 40.0 Å². The van der Waals surface area contributed by atoms with E-state index < -0.39 is 20.8 Å². The summed E-state index contributed by atoms with van der Waals surface area (Å²) < 4.78 is 33.9. The lowest BCUT2D eigenvalue weighted by molar-refractivity contribution is 0.126. The van der Waals surface area contributed by atoms with Crippen molar-refractivity contribution in [1.29, 1.82) is 0 Å². The Balaban J connectivity index is 4.91. The van der Waals surface area contributed by atoms with Crippen molar-refractivity contribution in [2.75, 3.05) is 11.5 Å². The molecule has 98 valence electrons. The molecule has 5 nitrogen and oxygen atoms in total. The van der Waals surface area contributed by atoms with Gasteiger partial charge in [-0.05, 0) is 18.4 Å². The summed E-state index contributed by atoms with van der Waals surface area (Å²) >= 11 is 2.49. The Hall–Kier alpha value is 0.530. The molecular formula is C8H18O5S3. The number of rotatable bonds is 8. The normalized spacial score (nSPS) is 15.1. The molecule has 8 heteroatoms. The van der Waals surface area contributed by atoms with Gasteiger partial charge < -0.3 is 5.11 Å². The van der Waals surface area contributed by atoms with Crippen molar-refractivity contribution in [2.24, 2.45) is 0 Å². The van der Waals surface area contributed by atoms with Crippen LogP contribution < -0.4 is 0 Å². The van der Waals surface area contributed by atoms with E-state index in [9.17, 15) is 13.5 Å². The molecular weight excluding hydrogens is 272 g/mol. The van der Waals surface area contributed by atoms with Gasteiger partial charge in [0.05, 0.1) is 6.10 Å². The molecule has 16 heavy (non-hydrogen) atoms. The van der Waals surface area contributed by atoms with Gasteiger partial charge >= 0.3 is 10.4 Å². The third-order valence-corrected chi connectivity index (χ3v) is 4.88. The predicted molar refractivity (Wildman–Crippen MR) is 67.9 cm³/mol. The van der Waals surface area contributed by atoms with Gasteiger partial charge in [0.25, 0.3) is 0 Å². The molecule has 1 atom stereocenters. The summed E-state index contributed by atoms with van der Waals surface area (Å²) in [5.41, 5.74) is 0. The average molecular weight is 290 g/mol. The first-order valence-electron chi connectivity index (χ1n) is 4.88. The fourth-order valence-electron chi connectivity index (χ4n) is 1.20. The average Bonchev–Trinajstić information content (AvgIpc) is 1.98. The van der Waals surface area contributed by atoms with Crippen LogP contribution in [0.1, 0.15) is 27.2 Å². The minimum Gasteiger partial charge on any atom is -0.393 e. The Morgan fingerprint density at radius 1 is 1.31 bits per heavy atom. The van der Waals surface area contributed by atoms with Crippen molar-refractivity contribution in [3.63, 3.8) is 0 Å². The van der Waals surface area contributed by atoms with Crippen molar-refractivity contribution in [3.05, 3.63) is 0 Å². The number of aliphatic hydroxyl groups is 1. The van der Waals surface area contributed by atoms with Gasteiger partial charge in [-0.2, -0.15) is 8.42 Å². The summed E-state index contributed by atoms with van der Waals surface area (Å²) in [5.74, 6) is 1.24. The molecule has 0 aromatic rings. The Bertz CT molecular complexity index is 282. The van der Waals surface area contributed by atoms with Crippen molar-refractivity contribution in [3.8, 4) is 0 Å². The van der Waals surface area contributed by atoms with Gasteiger partial charge in [-0.3, -0.25) is 4.55 Å². The minimum atomic E-state index is -4.52. The molecule has 0 aliphatic carbocycles. The number of aliphatic hydroxyl groups excluding tert-OH is 1. The quantitative estimate of drug-likeness (QED) is 0.520. The molecule has 0 saturated carbocycles. The molecule has 0 bridgehead atoms. The summed E-state index contributed by atoms with van der Waals surface area (Å²) in [5, 5.41) is 9.35. The minimum absolute atomic E-state index is 0.129. The second kappa shape index (κ2) is 7.07. The standard InChI is InChI=1S/C8H18O5S3/c1-4-14-8(15-5-2,6-7(3)9)13-16(10,11)12/h7,9H,4-6H2,1-3H3,(H,10,11,12). The van der Waals surface area contributed by atoms with E-state index in [1.165, 1.54) is 23.5 Å². The van der Waals surface area contributed by atoms with E-state index in [4.69, 9.17) is 8.74 Å². The van der Waals surface area contributed by atoms with Gasteiger partial charge in [0.15, 0.2) is 4.27 Å². The molecule has 0 spiro atoms. The molecule has 0 aliphatic heterocycles. The summed E-state index contributed by atoms with van der Waals surface area (Å²) in [6.45, 7) is 5.25. The highest BCUT2D eigenvalue weighted by molar-refractivity contribution is 8.18. The molecule has 2 N–H and O–H groups in total. The highest BCUT2D eigenvalue weighted by atomic mass is 32.3. The number of hydrogen-bond donors (Lipinski definition) is 2. The van der Waals surface area contributed by atoms with E-state index in [2.05, 4.69) is 0 Å². The summed E-state index contributed by atoms with van der Waals surface area (Å²) in [4.78, 5) is 0. The Morgan fingerprint density at radius 3 is 2.00 bits per heavy atom. The molecule has 0 fully saturated rings. The highest BCUT2D eigenvalue weighted by Crippen LogP contribution is 2.43. The predicted octanol–water partition coefficient (Wildman–Crippen LogP) is 1.74. The van der Waals surface area contributed by atoms with Crippen LogP contribution in [0.15, 0.2) is 0 Å². The molecule has 1 unspecified atom stereocenters. The van der Waals surface area contributed by atoms with Crippen molar-refractivity contribution in [1.82, 2.24) is 0 Å². The lowest BCUT2D eigenvalue weighted by Crippen LogP contribution is -2.32. The Morgan fingerprint density at radius 2 is 1.75 bits per heavy atom. The van der Waals surface area contributed by atoms with Crippen LogP contribution in [0.5, 0.6) is 0 Å². The first kappa shape index (κ1) is 16.5. The zero-order chi connectivity index (χ0) is 12.8. The molecule has 0 aliphatic rings. The third-order valence-electron chi connectivity index (χ3n) is 1.51.